The van der Waals surface area contributed by atoms with E-state index in [9.17, 15) is 13.2 Å². The zero-order chi connectivity index (χ0) is 27.0. The Labute approximate surface area is 222 Å². The normalized spacial score (nSPS) is 14.8. The third-order valence-corrected chi connectivity index (χ3v) is 6.94. The number of nitrogens with zero attached hydrogens (tertiary/aromatic N) is 5. The molecule has 200 valence electrons. The van der Waals surface area contributed by atoms with E-state index in [1.165, 1.54) is 0 Å². The van der Waals surface area contributed by atoms with E-state index >= 15 is 0 Å². The van der Waals surface area contributed by atoms with Crippen molar-refractivity contribution >= 4 is 22.2 Å². The third kappa shape index (κ3) is 5.37. The lowest BCUT2D eigenvalue weighted by atomic mass is 10.1. The number of alkyl halides is 3. The van der Waals surface area contributed by atoms with Crippen LogP contribution in [0.25, 0.3) is 28.1 Å². The second-order valence-corrected chi connectivity index (χ2v) is 9.58. The number of hydrogen-bond donors (Lipinski definition) is 0. The molecular weight excluding hydrogens is 507 g/mol. The van der Waals surface area contributed by atoms with Crippen LogP contribution < -0.4 is 9.64 Å². The molecule has 0 unspecified atom stereocenters. The highest BCUT2D eigenvalue weighted by Gasteiger charge is 2.35. The number of pyridine rings is 2. The number of aromatic nitrogens is 4. The van der Waals surface area contributed by atoms with Crippen LogP contribution >= 0.6 is 0 Å². The largest absolute Gasteiger partial charge is 0.522 e. The van der Waals surface area contributed by atoms with Gasteiger partial charge in [-0.1, -0.05) is 42.5 Å². The van der Waals surface area contributed by atoms with E-state index in [1.54, 1.807) is 4.52 Å². The van der Waals surface area contributed by atoms with Gasteiger partial charge in [0.2, 0.25) is 5.82 Å². The second kappa shape index (κ2) is 10.2. The molecule has 39 heavy (non-hydrogen) atoms. The zero-order valence-corrected chi connectivity index (χ0v) is 21.2. The fourth-order valence-electron chi connectivity index (χ4n) is 4.99. The number of rotatable bonds is 6. The van der Waals surface area contributed by atoms with E-state index < -0.39 is 12.5 Å². The van der Waals surface area contributed by atoms with Crippen molar-refractivity contribution in [2.75, 3.05) is 18.0 Å². The molecule has 1 aliphatic rings. The lowest BCUT2D eigenvalue weighted by Gasteiger charge is -2.33. The first-order valence-corrected chi connectivity index (χ1v) is 12.8. The molecule has 0 spiro atoms. The van der Waals surface area contributed by atoms with Crippen LogP contribution in [-0.2, 0) is 11.3 Å². The fraction of sp³-hybridized carbons (Fsp3) is 0.276. The van der Waals surface area contributed by atoms with Gasteiger partial charge in [-0.05, 0) is 49.6 Å². The van der Waals surface area contributed by atoms with Crippen LogP contribution in [0.5, 0.6) is 5.75 Å². The van der Waals surface area contributed by atoms with Crippen molar-refractivity contribution in [1.29, 1.82) is 0 Å². The standard InChI is InChI=1S/C29H26F3N5O2/c1-19-26(33-24-10-6-5-9-23(24)27(19)38-18-20-7-3-2-4-8-20)28-34-25-12-11-21(17-37(25)35-28)36-15-13-22(14-16-36)39-29(30,31)32/h2-12,17,22H,13-16,18H2,1H3. The van der Waals surface area contributed by atoms with Gasteiger partial charge in [0, 0.05) is 24.0 Å². The first-order chi connectivity index (χ1) is 18.8. The Morgan fingerprint density at radius 3 is 2.44 bits per heavy atom. The lowest BCUT2D eigenvalue weighted by Crippen LogP contribution is -2.39. The summed E-state index contributed by atoms with van der Waals surface area (Å²) in [5, 5.41) is 5.63. The van der Waals surface area contributed by atoms with E-state index in [0.717, 1.165) is 33.5 Å². The maximum absolute atomic E-state index is 12.6. The molecule has 1 fully saturated rings. The molecular formula is C29H26F3N5O2. The van der Waals surface area contributed by atoms with Crippen molar-refractivity contribution in [1.82, 2.24) is 19.6 Å². The molecule has 1 aliphatic heterocycles. The predicted octanol–water partition coefficient (Wildman–Crippen LogP) is 6.34. The topological polar surface area (TPSA) is 64.8 Å². The zero-order valence-electron chi connectivity index (χ0n) is 21.2. The highest BCUT2D eigenvalue weighted by atomic mass is 19.4. The molecule has 0 aliphatic carbocycles. The van der Waals surface area contributed by atoms with Crippen molar-refractivity contribution in [2.45, 2.75) is 38.8 Å². The van der Waals surface area contributed by atoms with Gasteiger partial charge in [-0.3, -0.25) is 4.74 Å². The van der Waals surface area contributed by atoms with Gasteiger partial charge >= 0.3 is 6.36 Å². The van der Waals surface area contributed by atoms with E-state index in [4.69, 9.17) is 19.8 Å². The SMILES string of the molecule is Cc1c(-c2nc3ccc(N4CCC(OC(F)(F)F)CC4)cn3n2)nc2ccccc2c1OCc1ccccc1. The van der Waals surface area contributed by atoms with Gasteiger partial charge in [-0.25, -0.2) is 14.5 Å². The summed E-state index contributed by atoms with van der Waals surface area (Å²) in [5.41, 5.74) is 4.82. The average Bonchev–Trinajstić information content (AvgIpc) is 3.36. The average molecular weight is 534 g/mol. The molecule has 0 saturated carbocycles. The molecule has 1 saturated heterocycles. The molecule has 7 nitrogen and oxygen atoms in total. The molecule has 0 amide bonds. The van der Waals surface area contributed by atoms with Gasteiger partial charge in [0.05, 0.1) is 23.5 Å². The van der Waals surface area contributed by atoms with Gasteiger partial charge in [0.25, 0.3) is 0 Å². The van der Waals surface area contributed by atoms with Crippen molar-refractivity contribution in [3.63, 3.8) is 0 Å². The molecule has 5 aromatic rings. The van der Waals surface area contributed by atoms with Gasteiger partial charge < -0.3 is 9.64 Å². The molecule has 6 rings (SSSR count). The first-order valence-electron chi connectivity index (χ1n) is 12.8. The van der Waals surface area contributed by atoms with E-state index in [1.807, 2.05) is 84.8 Å². The Kier molecular flexibility index (Phi) is 6.56. The van der Waals surface area contributed by atoms with Gasteiger partial charge in [0.15, 0.2) is 5.65 Å². The summed E-state index contributed by atoms with van der Waals surface area (Å²) in [6, 6.07) is 21.6. The molecule has 0 atom stereocenters. The molecule has 3 aromatic heterocycles. The number of hydrogen-bond acceptors (Lipinski definition) is 6. The molecule has 2 aromatic carbocycles. The van der Waals surface area contributed by atoms with Gasteiger partial charge in [-0.2, -0.15) is 0 Å². The van der Waals surface area contributed by atoms with Crippen molar-refractivity contribution in [3.8, 4) is 17.3 Å². The number of para-hydroxylation sites is 1. The predicted molar refractivity (Wildman–Crippen MR) is 142 cm³/mol. The van der Waals surface area contributed by atoms with Crippen molar-refractivity contribution in [2.24, 2.45) is 0 Å². The van der Waals surface area contributed by atoms with Crippen molar-refractivity contribution < 1.29 is 22.6 Å². The quantitative estimate of drug-likeness (QED) is 0.254. The minimum absolute atomic E-state index is 0.298. The summed E-state index contributed by atoms with van der Waals surface area (Å²) < 4.78 is 49.9. The summed E-state index contributed by atoms with van der Waals surface area (Å²) >= 11 is 0. The number of anilines is 1. The smallest absolute Gasteiger partial charge is 0.488 e. The maximum atomic E-state index is 12.6. The Morgan fingerprint density at radius 1 is 0.923 bits per heavy atom. The number of benzene rings is 2. The summed E-state index contributed by atoms with van der Waals surface area (Å²) in [6.45, 7) is 3.30. The highest BCUT2D eigenvalue weighted by molar-refractivity contribution is 5.89. The summed E-state index contributed by atoms with van der Waals surface area (Å²) in [6.07, 6.45) is -2.98. The number of fused-ring (bicyclic) bond motifs is 2. The lowest BCUT2D eigenvalue weighted by molar-refractivity contribution is -0.344. The van der Waals surface area contributed by atoms with Crippen LogP contribution in [-0.4, -0.2) is 45.1 Å². The Hall–Kier alpha value is -4.18. The van der Waals surface area contributed by atoms with Crippen LogP contribution in [0, 0.1) is 6.92 Å². The van der Waals surface area contributed by atoms with E-state index in [2.05, 4.69) is 4.74 Å². The molecule has 0 bridgehead atoms. The van der Waals surface area contributed by atoms with Crippen LogP contribution in [0.3, 0.4) is 0 Å². The van der Waals surface area contributed by atoms with Gasteiger partial charge in [-0.15, -0.1) is 18.3 Å². The van der Waals surface area contributed by atoms with Gasteiger partial charge in [0.1, 0.15) is 18.1 Å². The minimum Gasteiger partial charge on any atom is -0.488 e. The third-order valence-electron chi connectivity index (χ3n) is 6.94. The van der Waals surface area contributed by atoms with E-state index in [0.29, 0.717) is 49.7 Å². The molecule has 4 heterocycles. The highest BCUT2D eigenvalue weighted by Crippen LogP contribution is 2.35. The number of halogens is 3. The summed E-state index contributed by atoms with van der Waals surface area (Å²) in [7, 11) is 0. The van der Waals surface area contributed by atoms with Crippen LogP contribution in [0.1, 0.15) is 24.0 Å². The van der Waals surface area contributed by atoms with Crippen LogP contribution in [0.2, 0.25) is 0 Å². The minimum atomic E-state index is -4.61. The first kappa shape index (κ1) is 25.1. The number of ether oxygens (including phenoxy) is 2. The van der Waals surface area contributed by atoms with Crippen LogP contribution in [0.15, 0.2) is 72.9 Å². The Balaban J connectivity index is 1.29. The fourth-order valence-corrected chi connectivity index (χ4v) is 4.99. The monoisotopic (exact) mass is 533 g/mol. The van der Waals surface area contributed by atoms with E-state index in [-0.39, 0.29) is 0 Å². The summed E-state index contributed by atoms with van der Waals surface area (Å²) in [5.74, 6) is 1.21. The molecule has 10 heteroatoms. The molecule has 0 radical (unpaired) electrons. The van der Waals surface area contributed by atoms with Crippen LogP contribution in [0.4, 0.5) is 18.9 Å². The Morgan fingerprint density at radius 2 is 1.67 bits per heavy atom. The van der Waals surface area contributed by atoms with Crippen molar-refractivity contribution in [3.05, 3.63) is 84.1 Å². The molecule has 0 N–H and O–H groups in total. The maximum Gasteiger partial charge on any atom is 0.522 e. The number of piperidine rings is 1. The summed E-state index contributed by atoms with van der Waals surface area (Å²) in [4.78, 5) is 11.6. The Bertz CT molecular complexity index is 1610. The second-order valence-electron chi connectivity index (χ2n) is 9.58.